The predicted molar refractivity (Wildman–Crippen MR) is 86.2 cm³/mol. The van der Waals surface area contributed by atoms with Gasteiger partial charge in [0.2, 0.25) is 0 Å². The van der Waals surface area contributed by atoms with Gasteiger partial charge in [0.05, 0.1) is 0 Å². The minimum atomic E-state index is -0.320. The largest absolute Gasteiger partial charge is 0.383 e. The zero-order chi connectivity index (χ0) is 15.0. The summed E-state index contributed by atoms with van der Waals surface area (Å²) in [6.45, 7) is 0. The Hall–Kier alpha value is -2.14. The monoisotopic (exact) mass is 345 g/mol. The summed E-state index contributed by atoms with van der Waals surface area (Å²) in [6.07, 6.45) is 0. The molecule has 0 aliphatic carbocycles. The topological polar surface area (TPSA) is 43.8 Å². The second kappa shape index (κ2) is 5.33. The lowest BCUT2D eigenvalue weighted by Crippen LogP contribution is -1.98. The Morgan fingerprint density at radius 3 is 2.57 bits per heavy atom. The molecule has 1 heterocycles. The van der Waals surface area contributed by atoms with Crippen molar-refractivity contribution in [2.45, 2.75) is 0 Å². The predicted octanol–water partition coefficient (Wildman–Crippen LogP) is 4.24. The molecule has 0 aliphatic heterocycles. The molecule has 3 nitrogen and oxygen atoms in total. The number of hydrogen-bond acceptors (Lipinski definition) is 2. The van der Waals surface area contributed by atoms with Gasteiger partial charge in [0.25, 0.3) is 0 Å². The summed E-state index contributed by atoms with van der Waals surface area (Å²) in [5, 5.41) is 0. The van der Waals surface area contributed by atoms with Gasteiger partial charge < -0.3 is 10.3 Å². The number of benzene rings is 2. The summed E-state index contributed by atoms with van der Waals surface area (Å²) < 4.78 is 16.1. The highest BCUT2D eigenvalue weighted by molar-refractivity contribution is 9.10. The first-order chi connectivity index (χ1) is 10.1. The van der Waals surface area contributed by atoms with Crippen LogP contribution in [0.3, 0.4) is 0 Å². The third-order valence-corrected chi connectivity index (χ3v) is 4.05. The fourth-order valence-corrected chi connectivity index (χ4v) is 2.67. The number of aromatic nitrogens is 2. The Morgan fingerprint density at radius 2 is 1.86 bits per heavy atom. The zero-order valence-electron chi connectivity index (χ0n) is 11.3. The number of halogens is 2. The van der Waals surface area contributed by atoms with Crippen molar-refractivity contribution in [3.05, 3.63) is 58.8 Å². The first-order valence-electron chi connectivity index (χ1n) is 6.41. The lowest BCUT2D eigenvalue weighted by Gasteiger charge is -2.03. The lowest BCUT2D eigenvalue weighted by molar-refractivity contribution is 0.628. The normalized spacial score (nSPS) is 10.8. The molecule has 2 N–H and O–H groups in total. The highest BCUT2D eigenvalue weighted by Gasteiger charge is 2.17. The van der Waals surface area contributed by atoms with E-state index in [4.69, 9.17) is 5.73 Å². The number of nitrogens with zero attached hydrogens (tertiary/aromatic N) is 2. The van der Waals surface area contributed by atoms with Crippen LogP contribution in [0.1, 0.15) is 0 Å². The fourth-order valence-electron chi connectivity index (χ4n) is 2.23. The van der Waals surface area contributed by atoms with Crippen LogP contribution in [-0.2, 0) is 7.05 Å². The summed E-state index contributed by atoms with van der Waals surface area (Å²) >= 11 is 3.42. The van der Waals surface area contributed by atoms with Crippen LogP contribution in [0, 0.1) is 5.82 Å². The molecular formula is C16H13BrFN3. The van der Waals surface area contributed by atoms with E-state index in [1.165, 1.54) is 12.1 Å². The van der Waals surface area contributed by atoms with Gasteiger partial charge in [-0.2, -0.15) is 0 Å². The summed E-state index contributed by atoms with van der Waals surface area (Å²) in [5.74, 6) is 0.930. The Bertz CT molecular complexity index is 797. The molecule has 3 aromatic rings. The Labute approximate surface area is 130 Å². The molecule has 0 amide bonds. The maximum Gasteiger partial charge on any atom is 0.142 e. The van der Waals surface area contributed by atoms with Gasteiger partial charge in [-0.05, 0) is 18.2 Å². The van der Waals surface area contributed by atoms with Gasteiger partial charge >= 0.3 is 0 Å². The molecule has 0 unspecified atom stereocenters. The molecule has 5 heteroatoms. The van der Waals surface area contributed by atoms with Gasteiger partial charge in [-0.1, -0.05) is 46.3 Å². The Balaban J connectivity index is 2.20. The maximum atomic E-state index is 13.5. The van der Waals surface area contributed by atoms with E-state index in [9.17, 15) is 4.39 Å². The molecule has 106 valence electrons. The van der Waals surface area contributed by atoms with Gasteiger partial charge in [0.1, 0.15) is 23.2 Å². The van der Waals surface area contributed by atoms with Crippen LogP contribution in [0.4, 0.5) is 10.2 Å². The SMILES string of the molecule is Cn1c(-c2ccccc2)nc(-c2cc(F)ccc2Br)c1N. The molecule has 0 spiro atoms. The van der Waals surface area contributed by atoms with Crippen LogP contribution < -0.4 is 5.73 Å². The molecule has 0 bridgehead atoms. The average Bonchev–Trinajstić information content (AvgIpc) is 2.79. The highest BCUT2D eigenvalue weighted by Crippen LogP contribution is 2.34. The summed E-state index contributed by atoms with van der Waals surface area (Å²) in [5.41, 5.74) is 8.33. The van der Waals surface area contributed by atoms with Gasteiger partial charge in [-0.15, -0.1) is 0 Å². The summed E-state index contributed by atoms with van der Waals surface area (Å²) in [4.78, 5) is 4.59. The van der Waals surface area contributed by atoms with Gasteiger partial charge in [0.15, 0.2) is 0 Å². The smallest absolute Gasteiger partial charge is 0.142 e. The Kier molecular flexibility index (Phi) is 3.51. The third-order valence-electron chi connectivity index (χ3n) is 3.35. The Morgan fingerprint density at radius 1 is 1.14 bits per heavy atom. The molecule has 0 atom stereocenters. The van der Waals surface area contributed by atoms with Crippen LogP contribution in [0.2, 0.25) is 0 Å². The summed E-state index contributed by atoms with van der Waals surface area (Å²) in [7, 11) is 1.85. The van der Waals surface area contributed by atoms with Crippen molar-refractivity contribution in [3.8, 4) is 22.6 Å². The molecule has 0 saturated carbocycles. The van der Waals surface area contributed by atoms with Crippen LogP contribution in [0.25, 0.3) is 22.6 Å². The van der Waals surface area contributed by atoms with E-state index in [0.717, 1.165) is 15.9 Å². The van der Waals surface area contributed by atoms with Crippen molar-refractivity contribution in [1.82, 2.24) is 9.55 Å². The van der Waals surface area contributed by atoms with Crippen LogP contribution in [0.5, 0.6) is 0 Å². The second-order valence-corrected chi connectivity index (χ2v) is 5.57. The first kappa shape index (κ1) is 13.8. The molecular weight excluding hydrogens is 333 g/mol. The number of nitrogen functional groups attached to an aromatic ring is 1. The number of rotatable bonds is 2. The summed E-state index contributed by atoms with van der Waals surface area (Å²) in [6, 6.07) is 14.2. The van der Waals surface area contributed by atoms with Gasteiger partial charge in [-0.3, -0.25) is 0 Å². The van der Waals surface area contributed by atoms with Crippen molar-refractivity contribution in [3.63, 3.8) is 0 Å². The molecule has 0 saturated heterocycles. The van der Waals surface area contributed by atoms with Gasteiger partial charge in [0, 0.05) is 22.6 Å². The lowest BCUT2D eigenvalue weighted by atomic mass is 10.1. The molecule has 2 aromatic carbocycles. The van der Waals surface area contributed by atoms with Crippen molar-refractivity contribution < 1.29 is 4.39 Å². The van der Waals surface area contributed by atoms with Crippen molar-refractivity contribution in [2.24, 2.45) is 7.05 Å². The van der Waals surface area contributed by atoms with Crippen LogP contribution in [0.15, 0.2) is 53.0 Å². The van der Waals surface area contributed by atoms with E-state index in [1.54, 1.807) is 6.07 Å². The third kappa shape index (κ3) is 2.45. The second-order valence-electron chi connectivity index (χ2n) is 4.72. The highest BCUT2D eigenvalue weighted by atomic mass is 79.9. The molecule has 21 heavy (non-hydrogen) atoms. The van der Waals surface area contributed by atoms with Gasteiger partial charge in [-0.25, -0.2) is 9.37 Å². The molecule has 3 rings (SSSR count). The van der Waals surface area contributed by atoms with E-state index in [0.29, 0.717) is 17.1 Å². The van der Waals surface area contributed by atoms with E-state index < -0.39 is 0 Å². The van der Waals surface area contributed by atoms with Crippen LogP contribution in [-0.4, -0.2) is 9.55 Å². The zero-order valence-corrected chi connectivity index (χ0v) is 12.9. The van der Waals surface area contributed by atoms with E-state index in [-0.39, 0.29) is 5.82 Å². The fraction of sp³-hybridized carbons (Fsp3) is 0.0625. The van der Waals surface area contributed by atoms with E-state index >= 15 is 0 Å². The number of hydrogen-bond donors (Lipinski definition) is 1. The number of nitrogens with two attached hydrogens (primary N) is 1. The minimum Gasteiger partial charge on any atom is -0.383 e. The van der Waals surface area contributed by atoms with E-state index in [2.05, 4.69) is 20.9 Å². The maximum absolute atomic E-state index is 13.5. The quantitative estimate of drug-likeness (QED) is 0.754. The molecule has 0 radical (unpaired) electrons. The number of anilines is 1. The molecule has 0 fully saturated rings. The van der Waals surface area contributed by atoms with E-state index in [1.807, 2.05) is 41.9 Å². The average molecular weight is 346 g/mol. The first-order valence-corrected chi connectivity index (χ1v) is 7.20. The van der Waals surface area contributed by atoms with Crippen molar-refractivity contribution >= 4 is 21.7 Å². The molecule has 0 aliphatic rings. The standard InChI is InChI=1S/C16H13BrFN3/c1-21-15(19)14(12-9-11(18)7-8-13(12)17)20-16(21)10-5-3-2-4-6-10/h2-9H,19H2,1H3. The minimum absolute atomic E-state index is 0.320. The molecule has 1 aromatic heterocycles. The van der Waals surface area contributed by atoms with Crippen molar-refractivity contribution in [1.29, 1.82) is 0 Å². The van der Waals surface area contributed by atoms with Crippen molar-refractivity contribution in [2.75, 3.05) is 5.73 Å². The van der Waals surface area contributed by atoms with Crippen LogP contribution >= 0.6 is 15.9 Å². The number of imidazole rings is 1.